The molecular formula is C74H76N4O. The summed E-state index contributed by atoms with van der Waals surface area (Å²) in [4.78, 5) is 4.94. The van der Waals surface area contributed by atoms with E-state index in [1.807, 2.05) is 12.3 Å². The third-order valence-corrected chi connectivity index (χ3v) is 15.8. The number of aromatic nitrogens is 4. The summed E-state index contributed by atoms with van der Waals surface area (Å²) in [6.07, 6.45) is 5.95. The lowest BCUT2D eigenvalue weighted by atomic mass is 9.78. The Labute approximate surface area is 469 Å². The average molecular weight is 1040 g/mol. The van der Waals surface area contributed by atoms with Crippen LogP contribution in [0.15, 0.2) is 188 Å². The van der Waals surface area contributed by atoms with E-state index < -0.39 is 0 Å². The van der Waals surface area contributed by atoms with Gasteiger partial charge in [0.25, 0.3) is 6.33 Å². The van der Waals surface area contributed by atoms with Crippen molar-refractivity contribution in [3.05, 3.63) is 222 Å². The first-order valence-electron chi connectivity index (χ1n) is 28.1. The molecule has 11 rings (SSSR count). The van der Waals surface area contributed by atoms with Gasteiger partial charge < -0.3 is 4.74 Å². The predicted molar refractivity (Wildman–Crippen MR) is 332 cm³/mol. The first-order valence-corrected chi connectivity index (χ1v) is 28.1. The summed E-state index contributed by atoms with van der Waals surface area (Å²) in [5, 5.41) is 2.32. The fraction of sp³-hybridized carbons (Fsp3) is 0.270. The molecule has 0 aliphatic carbocycles. The molecule has 8 aromatic carbocycles. The van der Waals surface area contributed by atoms with E-state index in [4.69, 9.17) is 9.72 Å². The Morgan fingerprint density at radius 3 is 1.66 bits per heavy atom. The molecule has 5 heteroatoms. The van der Waals surface area contributed by atoms with Crippen molar-refractivity contribution in [3.8, 4) is 62.1 Å². The summed E-state index contributed by atoms with van der Waals surface area (Å²) in [7, 11) is 0. The van der Waals surface area contributed by atoms with Crippen molar-refractivity contribution in [1.29, 1.82) is 0 Å². The van der Waals surface area contributed by atoms with Crippen LogP contribution in [-0.2, 0) is 27.1 Å². The van der Waals surface area contributed by atoms with Gasteiger partial charge in [0, 0.05) is 23.0 Å². The van der Waals surface area contributed by atoms with Crippen LogP contribution in [0.4, 0.5) is 0 Å². The summed E-state index contributed by atoms with van der Waals surface area (Å²) in [6.45, 7) is 34.3. The van der Waals surface area contributed by atoms with Crippen LogP contribution < -0.4 is 9.30 Å². The van der Waals surface area contributed by atoms with Crippen LogP contribution in [0.1, 0.15) is 132 Å². The molecule has 0 spiro atoms. The normalized spacial score (nSPS) is 12.7. The molecule has 0 saturated carbocycles. The zero-order valence-electron chi connectivity index (χ0n) is 49.1. The minimum atomic E-state index is -0.0713. The largest absolute Gasteiger partial charge is 0.458 e. The molecule has 0 bridgehead atoms. The molecule has 0 atom stereocenters. The van der Waals surface area contributed by atoms with Gasteiger partial charge in [-0.3, -0.25) is 13.7 Å². The number of hydrogen-bond acceptors (Lipinski definition) is 2. The lowest BCUT2D eigenvalue weighted by Gasteiger charge is -2.27. The second kappa shape index (κ2) is 19.4. The van der Waals surface area contributed by atoms with E-state index in [1.54, 1.807) is 0 Å². The Morgan fingerprint density at radius 1 is 0.392 bits per heavy atom. The van der Waals surface area contributed by atoms with Crippen LogP contribution >= 0.6 is 0 Å². The highest BCUT2D eigenvalue weighted by molar-refractivity contribution is 6.09. The topological polar surface area (TPSA) is 35.9 Å². The molecule has 0 N–H and O–H groups in total. The number of rotatable bonds is 8. The summed E-state index contributed by atoms with van der Waals surface area (Å²) in [5.41, 5.74) is 19.4. The lowest BCUT2D eigenvalue weighted by molar-refractivity contribution is -0.571. The number of ether oxygens (including phenoxy) is 1. The Bertz CT molecular complexity index is 4080. The Balaban J connectivity index is 1.12. The van der Waals surface area contributed by atoms with Gasteiger partial charge in [0.1, 0.15) is 17.3 Å². The second-order valence-electron chi connectivity index (χ2n) is 26.9. The van der Waals surface area contributed by atoms with E-state index in [-0.39, 0.29) is 27.1 Å². The highest BCUT2D eigenvalue weighted by Gasteiger charge is 2.26. The Kier molecular flexibility index (Phi) is 13.0. The average Bonchev–Trinajstić information content (AvgIpc) is 3.76. The molecule has 79 heavy (non-hydrogen) atoms. The van der Waals surface area contributed by atoms with E-state index in [0.717, 1.165) is 84.0 Å². The first kappa shape index (κ1) is 53.0. The van der Waals surface area contributed by atoms with Gasteiger partial charge in [-0.1, -0.05) is 225 Å². The number of benzene rings is 8. The van der Waals surface area contributed by atoms with Crippen LogP contribution in [0.25, 0.3) is 83.4 Å². The molecule has 0 amide bonds. The molecule has 0 fully saturated rings. The molecule has 3 heterocycles. The molecule has 0 radical (unpaired) electrons. The maximum absolute atomic E-state index is 6.95. The maximum Gasteiger partial charge on any atom is 0.269 e. The van der Waals surface area contributed by atoms with E-state index in [1.165, 1.54) is 38.8 Å². The van der Waals surface area contributed by atoms with Crippen LogP contribution in [0.2, 0.25) is 0 Å². The molecule has 0 unspecified atom stereocenters. The first-order chi connectivity index (χ1) is 37.3. The maximum atomic E-state index is 6.95. The molecule has 0 aliphatic rings. The number of imidazole rings is 1. The fourth-order valence-corrected chi connectivity index (χ4v) is 11.0. The van der Waals surface area contributed by atoms with Crippen molar-refractivity contribution in [2.75, 3.05) is 0 Å². The van der Waals surface area contributed by atoms with Crippen molar-refractivity contribution in [2.24, 2.45) is 0 Å². The number of fused-ring (bicyclic) bond motifs is 4. The van der Waals surface area contributed by atoms with Crippen molar-refractivity contribution in [3.63, 3.8) is 0 Å². The number of nitrogens with zero attached hydrogens (tertiary/aromatic N) is 4. The van der Waals surface area contributed by atoms with E-state index in [0.29, 0.717) is 0 Å². The van der Waals surface area contributed by atoms with Crippen LogP contribution in [0.5, 0.6) is 11.5 Å². The van der Waals surface area contributed by atoms with Gasteiger partial charge in [-0.15, -0.1) is 0 Å². The van der Waals surface area contributed by atoms with Crippen molar-refractivity contribution >= 4 is 32.8 Å². The molecule has 0 aliphatic heterocycles. The minimum Gasteiger partial charge on any atom is -0.458 e. The van der Waals surface area contributed by atoms with Gasteiger partial charge >= 0.3 is 0 Å². The number of pyridine rings is 1. The highest BCUT2D eigenvalue weighted by Crippen LogP contribution is 2.42. The Hall–Kier alpha value is -8.02. The van der Waals surface area contributed by atoms with Crippen LogP contribution in [-0.4, -0.2) is 14.1 Å². The third kappa shape index (κ3) is 10.3. The molecule has 11 aromatic rings. The van der Waals surface area contributed by atoms with Gasteiger partial charge in [-0.05, 0) is 143 Å². The SMILES string of the molecule is CC(C)(C)c1ccc(-c2ccc3c(c2)n(-c2cccc(Oc4ccc5c6ccccc6n(-c6cc(C(C)(C)C)ccn6)c5c4)c2)[c-][n+]3-c2c(-c3cccc(C(C)(C)C)c3)cccc2-c2cc(C(C)(C)C)cc(C(C)(C)C)c2)cc1. The molecule has 0 saturated heterocycles. The van der Waals surface area contributed by atoms with Gasteiger partial charge in [0.2, 0.25) is 0 Å². The zero-order chi connectivity index (χ0) is 56.0. The standard InChI is InChI=1S/C74H76N4O/c1-70(2,3)52-32-29-48(30-33-52)49-31-36-65-67(42-49)76(57-23-19-24-58(45-57)79-59-34-35-63-62-25-16-17-28-64(62)78(66(63)46-59)68-44-54(37-38-75-68)72(7,8)9)47-77(65)69-60(50-21-18-22-53(39-50)71(4,5)6)26-20-27-61(69)51-40-55(73(10,11)12)43-56(41-51)74(13,14)15/h16-46H,1-15H3. The number of hydrogen-bond donors (Lipinski definition) is 0. The molecule has 3 aromatic heterocycles. The van der Waals surface area contributed by atoms with Gasteiger partial charge in [-0.25, -0.2) is 4.98 Å². The smallest absolute Gasteiger partial charge is 0.269 e. The zero-order valence-corrected chi connectivity index (χ0v) is 49.1. The van der Waals surface area contributed by atoms with Gasteiger partial charge in [-0.2, -0.15) is 0 Å². The van der Waals surface area contributed by atoms with Crippen molar-refractivity contribution in [1.82, 2.24) is 14.1 Å². The van der Waals surface area contributed by atoms with Gasteiger partial charge in [0.15, 0.2) is 0 Å². The molecule has 398 valence electrons. The van der Waals surface area contributed by atoms with Crippen molar-refractivity contribution < 1.29 is 9.30 Å². The lowest BCUT2D eigenvalue weighted by Crippen LogP contribution is -2.31. The number of para-hydroxylation sites is 2. The minimum absolute atomic E-state index is 0.0331. The van der Waals surface area contributed by atoms with E-state index in [9.17, 15) is 0 Å². The van der Waals surface area contributed by atoms with Crippen molar-refractivity contribution in [2.45, 2.75) is 131 Å². The summed E-state index contributed by atoms with van der Waals surface area (Å²) >= 11 is 0. The second-order valence-corrected chi connectivity index (χ2v) is 26.9. The van der Waals surface area contributed by atoms with Crippen LogP contribution in [0, 0.1) is 6.33 Å². The summed E-state index contributed by atoms with van der Waals surface area (Å²) < 4.78 is 13.8. The Morgan fingerprint density at radius 2 is 0.975 bits per heavy atom. The van der Waals surface area contributed by atoms with Gasteiger partial charge in [0.05, 0.1) is 33.4 Å². The fourth-order valence-electron chi connectivity index (χ4n) is 11.0. The third-order valence-electron chi connectivity index (χ3n) is 15.8. The van der Waals surface area contributed by atoms with Crippen LogP contribution in [0.3, 0.4) is 0 Å². The summed E-state index contributed by atoms with van der Waals surface area (Å²) in [6, 6.07) is 66.9. The molecule has 5 nitrogen and oxygen atoms in total. The highest BCUT2D eigenvalue weighted by atomic mass is 16.5. The molecular weight excluding hydrogens is 961 g/mol. The monoisotopic (exact) mass is 1040 g/mol. The predicted octanol–water partition coefficient (Wildman–Crippen LogP) is 19.5. The summed E-state index contributed by atoms with van der Waals surface area (Å²) in [5.74, 6) is 2.34. The van der Waals surface area contributed by atoms with E-state index >= 15 is 0 Å². The van der Waals surface area contributed by atoms with E-state index in [2.05, 4.69) is 300 Å². The quantitative estimate of drug-likeness (QED) is 0.112.